The lowest BCUT2D eigenvalue weighted by atomic mass is 10.1. The monoisotopic (exact) mass is 320 g/mol. The normalized spacial score (nSPS) is 19.6. The molecule has 2 rings (SSSR count). The van der Waals surface area contributed by atoms with E-state index in [1.54, 1.807) is 19.0 Å². The topological polar surface area (TPSA) is 53.0 Å². The highest BCUT2D eigenvalue weighted by Gasteiger charge is 2.32. The lowest BCUT2D eigenvalue weighted by Gasteiger charge is -2.27. The summed E-state index contributed by atoms with van der Waals surface area (Å²) in [6.07, 6.45) is 1.25. The fourth-order valence-electron chi connectivity index (χ4n) is 3.15. The highest BCUT2D eigenvalue weighted by Crippen LogP contribution is 2.20. The Kier molecular flexibility index (Phi) is 6.02. The number of aryl methyl sites for hydroxylation is 2. The molecule has 0 aromatic heterocycles. The van der Waals surface area contributed by atoms with Crippen LogP contribution in [-0.2, 0) is 4.79 Å². The molecule has 5 nitrogen and oxygen atoms in total. The summed E-state index contributed by atoms with van der Waals surface area (Å²) in [5.41, 5.74) is 2.29. The summed E-state index contributed by atoms with van der Waals surface area (Å²) < 4.78 is 5.71. The molecular weight excluding hydrogens is 292 g/mol. The molecule has 2 atom stereocenters. The molecule has 23 heavy (non-hydrogen) atoms. The molecule has 1 aromatic rings. The third-order valence-corrected chi connectivity index (χ3v) is 4.17. The number of hydrogen-bond acceptors (Lipinski definition) is 4. The molecule has 1 saturated heterocycles. The zero-order valence-corrected chi connectivity index (χ0v) is 14.6. The minimum Gasteiger partial charge on any atom is -0.491 e. The second kappa shape index (κ2) is 7.79. The van der Waals surface area contributed by atoms with Gasteiger partial charge in [0.2, 0.25) is 5.91 Å². The summed E-state index contributed by atoms with van der Waals surface area (Å²) in [7, 11) is 3.55. The Morgan fingerprint density at radius 2 is 2.00 bits per heavy atom. The smallest absolute Gasteiger partial charge is 0.239 e. The Morgan fingerprint density at radius 1 is 1.35 bits per heavy atom. The van der Waals surface area contributed by atoms with E-state index in [0.29, 0.717) is 6.54 Å². The maximum absolute atomic E-state index is 12.2. The molecule has 5 heteroatoms. The number of carbonyl (C=O) groups is 1. The summed E-state index contributed by atoms with van der Waals surface area (Å²) >= 11 is 0. The molecule has 128 valence electrons. The number of amides is 1. The van der Waals surface area contributed by atoms with Gasteiger partial charge in [0.05, 0.1) is 6.04 Å². The number of carbonyl (C=O) groups excluding carboxylic acids is 1. The number of rotatable bonds is 6. The molecule has 1 heterocycles. The molecule has 1 fully saturated rings. The van der Waals surface area contributed by atoms with E-state index in [9.17, 15) is 9.90 Å². The predicted octanol–water partition coefficient (Wildman–Crippen LogP) is 1.60. The van der Waals surface area contributed by atoms with E-state index in [-0.39, 0.29) is 18.6 Å². The summed E-state index contributed by atoms with van der Waals surface area (Å²) in [5, 5.41) is 10.3. The lowest BCUT2D eigenvalue weighted by Crippen LogP contribution is -2.46. The highest BCUT2D eigenvalue weighted by atomic mass is 16.5. The van der Waals surface area contributed by atoms with E-state index >= 15 is 0 Å². The lowest BCUT2D eigenvalue weighted by molar-refractivity contribution is -0.133. The number of nitrogens with zero attached hydrogens (tertiary/aromatic N) is 2. The SMILES string of the molecule is Cc1cc(C)cc(OCC(O)CN2CCCC2C(=O)N(C)C)c1. The van der Waals surface area contributed by atoms with Crippen LogP contribution in [0.25, 0.3) is 0 Å². The first-order valence-corrected chi connectivity index (χ1v) is 8.21. The van der Waals surface area contributed by atoms with Crippen LogP contribution in [0, 0.1) is 13.8 Å². The first-order valence-electron chi connectivity index (χ1n) is 8.21. The third kappa shape index (κ3) is 4.94. The molecule has 1 aromatic carbocycles. The first kappa shape index (κ1) is 17.8. The first-order chi connectivity index (χ1) is 10.9. The molecule has 0 bridgehead atoms. The van der Waals surface area contributed by atoms with Crippen molar-refractivity contribution in [2.24, 2.45) is 0 Å². The molecular formula is C18H28N2O3. The quantitative estimate of drug-likeness (QED) is 0.865. The summed E-state index contributed by atoms with van der Waals surface area (Å²) in [6, 6.07) is 5.91. The van der Waals surface area contributed by atoms with Crippen molar-refractivity contribution in [3.63, 3.8) is 0 Å². The number of aliphatic hydroxyl groups excluding tert-OH is 1. The highest BCUT2D eigenvalue weighted by molar-refractivity contribution is 5.81. The van der Waals surface area contributed by atoms with Crippen LogP contribution in [0.5, 0.6) is 5.75 Å². The van der Waals surface area contributed by atoms with Crippen molar-refractivity contribution < 1.29 is 14.6 Å². The van der Waals surface area contributed by atoms with Crippen molar-refractivity contribution in [1.29, 1.82) is 0 Å². The van der Waals surface area contributed by atoms with Gasteiger partial charge in [-0.3, -0.25) is 9.69 Å². The Hall–Kier alpha value is -1.59. The largest absolute Gasteiger partial charge is 0.491 e. The number of likely N-dealkylation sites (N-methyl/N-ethyl adjacent to an activating group) is 1. The Morgan fingerprint density at radius 3 is 2.61 bits per heavy atom. The van der Waals surface area contributed by atoms with Gasteiger partial charge in [-0.05, 0) is 56.5 Å². The van der Waals surface area contributed by atoms with Gasteiger partial charge in [-0.1, -0.05) is 6.07 Å². The Bertz CT molecular complexity index is 525. The van der Waals surface area contributed by atoms with Gasteiger partial charge in [0, 0.05) is 20.6 Å². The number of likely N-dealkylation sites (tertiary alicyclic amines) is 1. The van der Waals surface area contributed by atoms with Gasteiger partial charge in [-0.2, -0.15) is 0 Å². The van der Waals surface area contributed by atoms with Crippen molar-refractivity contribution in [2.45, 2.75) is 38.8 Å². The molecule has 0 radical (unpaired) electrons. The van der Waals surface area contributed by atoms with Gasteiger partial charge in [0.15, 0.2) is 0 Å². The van der Waals surface area contributed by atoms with Crippen LogP contribution in [0.1, 0.15) is 24.0 Å². The number of benzene rings is 1. The Labute approximate surface area is 138 Å². The van der Waals surface area contributed by atoms with Crippen molar-refractivity contribution in [1.82, 2.24) is 9.80 Å². The minimum atomic E-state index is -0.605. The van der Waals surface area contributed by atoms with Crippen molar-refractivity contribution >= 4 is 5.91 Å². The van der Waals surface area contributed by atoms with Gasteiger partial charge in [-0.25, -0.2) is 0 Å². The van der Waals surface area contributed by atoms with E-state index in [2.05, 4.69) is 11.0 Å². The maximum Gasteiger partial charge on any atom is 0.239 e. The number of β-amino-alcohol motifs (C(OH)–C–C–N with tert-alkyl or cyclic N) is 1. The van der Waals surface area contributed by atoms with Gasteiger partial charge < -0.3 is 14.7 Å². The standard InChI is InChI=1S/C18H28N2O3/c1-13-8-14(2)10-16(9-13)23-12-15(21)11-20-7-5-6-17(20)18(22)19(3)4/h8-10,15,17,21H,5-7,11-12H2,1-4H3. The zero-order chi connectivity index (χ0) is 17.0. The van der Waals surface area contributed by atoms with Crippen molar-refractivity contribution in [2.75, 3.05) is 33.8 Å². The van der Waals surface area contributed by atoms with E-state index < -0.39 is 6.10 Å². The van der Waals surface area contributed by atoms with Crippen LogP contribution in [0.15, 0.2) is 18.2 Å². The van der Waals surface area contributed by atoms with E-state index in [0.717, 1.165) is 36.3 Å². The van der Waals surface area contributed by atoms with Crippen molar-refractivity contribution in [3.05, 3.63) is 29.3 Å². The molecule has 1 N–H and O–H groups in total. The van der Waals surface area contributed by atoms with Crippen LogP contribution in [0.4, 0.5) is 0 Å². The maximum atomic E-state index is 12.2. The number of hydrogen-bond donors (Lipinski definition) is 1. The van der Waals surface area contributed by atoms with Gasteiger partial charge in [0.1, 0.15) is 18.5 Å². The number of aliphatic hydroxyl groups is 1. The number of ether oxygens (including phenoxy) is 1. The molecule has 2 unspecified atom stereocenters. The van der Waals surface area contributed by atoms with E-state index in [4.69, 9.17) is 4.74 Å². The van der Waals surface area contributed by atoms with Crippen LogP contribution < -0.4 is 4.74 Å². The summed E-state index contributed by atoms with van der Waals surface area (Å²) in [6.45, 7) is 5.61. The fourth-order valence-corrected chi connectivity index (χ4v) is 3.15. The predicted molar refractivity (Wildman–Crippen MR) is 90.7 cm³/mol. The second-order valence-corrected chi connectivity index (χ2v) is 6.67. The average molecular weight is 320 g/mol. The van der Waals surface area contributed by atoms with Crippen LogP contribution in [0.2, 0.25) is 0 Å². The molecule has 0 aliphatic carbocycles. The van der Waals surface area contributed by atoms with E-state index in [1.807, 2.05) is 26.0 Å². The summed E-state index contributed by atoms with van der Waals surface area (Å²) in [5.74, 6) is 0.897. The molecule has 1 aliphatic heterocycles. The van der Waals surface area contributed by atoms with Crippen molar-refractivity contribution in [3.8, 4) is 5.75 Å². The molecule has 0 spiro atoms. The summed E-state index contributed by atoms with van der Waals surface area (Å²) in [4.78, 5) is 15.9. The van der Waals surface area contributed by atoms with Crippen LogP contribution in [-0.4, -0.2) is 66.8 Å². The van der Waals surface area contributed by atoms with Gasteiger partial charge in [-0.15, -0.1) is 0 Å². The third-order valence-electron chi connectivity index (χ3n) is 4.17. The molecule has 1 aliphatic rings. The van der Waals surface area contributed by atoms with E-state index in [1.165, 1.54) is 0 Å². The second-order valence-electron chi connectivity index (χ2n) is 6.67. The van der Waals surface area contributed by atoms with Gasteiger partial charge in [0.25, 0.3) is 0 Å². The van der Waals surface area contributed by atoms with Crippen LogP contribution in [0.3, 0.4) is 0 Å². The minimum absolute atomic E-state index is 0.110. The molecule has 0 saturated carbocycles. The fraction of sp³-hybridized carbons (Fsp3) is 0.611. The Balaban J connectivity index is 1.86. The zero-order valence-electron chi connectivity index (χ0n) is 14.6. The molecule has 1 amide bonds. The average Bonchev–Trinajstić information content (AvgIpc) is 2.91. The van der Waals surface area contributed by atoms with Gasteiger partial charge >= 0.3 is 0 Å². The van der Waals surface area contributed by atoms with Crippen LogP contribution >= 0.6 is 0 Å².